The molecule has 0 atom stereocenters. The highest BCUT2D eigenvalue weighted by Gasteiger charge is 2.30. The molecule has 1 aliphatic rings. The third kappa shape index (κ3) is 4.68. The summed E-state index contributed by atoms with van der Waals surface area (Å²) in [6, 6.07) is 9.25. The number of aryl methyl sites for hydroxylation is 5. The molecular formula is C23H30N2O4S. The molecule has 6 nitrogen and oxygen atoms in total. The summed E-state index contributed by atoms with van der Waals surface area (Å²) in [6.45, 7) is 11.1. The minimum absolute atomic E-state index is 0.0470. The predicted octanol–water partition coefficient (Wildman–Crippen LogP) is 3.14. The van der Waals surface area contributed by atoms with Crippen LogP contribution in [-0.4, -0.2) is 56.3 Å². The van der Waals surface area contributed by atoms with Crippen LogP contribution in [0.5, 0.6) is 5.75 Å². The van der Waals surface area contributed by atoms with Crippen LogP contribution in [0.2, 0.25) is 0 Å². The summed E-state index contributed by atoms with van der Waals surface area (Å²) in [4.78, 5) is 14.6. The zero-order valence-corrected chi connectivity index (χ0v) is 19.2. The highest BCUT2D eigenvalue weighted by molar-refractivity contribution is 7.89. The molecule has 1 fully saturated rings. The Morgan fingerprint density at radius 1 is 0.867 bits per heavy atom. The molecular weight excluding hydrogens is 400 g/mol. The van der Waals surface area contributed by atoms with Gasteiger partial charge >= 0.3 is 0 Å². The number of nitrogens with zero attached hydrogens (tertiary/aromatic N) is 2. The third-order valence-electron chi connectivity index (χ3n) is 5.65. The topological polar surface area (TPSA) is 66.9 Å². The number of hydrogen-bond donors (Lipinski definition) is 0. The summed E-state index contributed by atoms with van der Waals surface area (Å²) in [7, 11) is -3.56. The van der Waals surface area contributed by atoms with Crippen LogP contribution in [0, 0.1) is 34.6 Å². The van der Waals surface area contributed by atoms with Crippen molar-refractivity contribution in [2.45, 2.75) is 39.5 Å². The van der Waals surface area contributed by atoms with E-state index in [1.165, 1.54) is 4.31 Å². The molecule has 0 spiro atoms. The van der Waals surface area contributed by atoms with E-state index in [1.807, 2.05) is 52.8 Å². The molecule has 30 heavy (non-hydrogen) atoms. The van der Waals surface area contributed by atoms with Crippen molar-refractivity contribution in [2.75, 3.05) is 32.8 Å². The van der Waals surface area contributed by atoms with E-state index in [0.29, 0.717) is 18.0 Å². The molecule has 0 bridgehead atoms. The largest absolute Gasteiger partial charge is 0.483 e. The van der Waals surface area contributed by atoms with Gasteiger partial charge in [0.05, 0.1) is 4.90 Å². The number of sulfonamides is 1. The highest BCUT2D eigenvalue weighted by atomic mass is 32.2. The van der Waals surface area contributed by atoms with Crippen molar-refractivity contribution < 1.29 is 17.9 Å². The van der Waals surface area contributed by atoms with E-state index in [9.17, 15) is 13.2 Å². The van der Waals surface area contributed by atoms with E-state index < -0.39 is 10.0 Å². The monoisotopic (exact) mass is 430 g/mol. The minimum Gasteiger partial charge on any atom is -0.483 e. The number of piperazine rings is 1. The van der Waals surface area contributed by atoms with Crippen LogP contribution in [0.25, 0.3) is 0 Å². The van der Waals surface area contributed by atoms with Crippen LogP contribution < -0.4 is 4.74 Å². The van der Waals surface area contributed by atoms with Crippen molar-refractivity contribution >= 4 is 15.9 Å². The van der Waals surface area contributed by atoms with Crippen LogP contribution in [0.15, 0.2) is 35.2 Å². The predicted molar refractivity (Wildman–Crippen MR) is 117 cm³/mol. The maximum atomic E-state index is 12.9. The van der Waals surface area contributed by atoms with E-state index in [2.05, 4.69) is 0 Å². The summed E-state index contributed by atoms with van der Waals surface area (Å²) in [6.07, 6.45) is 0. The second-order valence-corrected chi connectivity index (χ2v) is 9.99. The zero-order valence-electron chi connectivity index (χ0n) is 18.4. The van der Waals surface area contributed by atoms with E-state index in [-0.39, 0.29) is 25.6 Å². The lowest BCUT2D eigenvalue weighted by atomic mass is 10.1. The van der Waals surface area contributed by atoms with Crippen LogP contribution in [0.4, 0.5) is 0 Å². The van der Waals surface area contributed by atoms with Gasteiger partial charge in [0, 0.05) is 26.2 Å². The first-order valence-electron chi connectivity index (χ1n) is 10.2. The number of benzene rings is 2. The molecule has 1 saturated heterocycles. The number of rotatable bonds is 5. The fourth-order valence-corrected chi connectivity index (χ4v) is 5.33. The Hall–Kier alpha value is -2.38. The molecule has 0 aliphatic carbocycles. The Labute approximate surface area is 179 Å². The van der Waals surface area contributed by atoms with E-state index in [4.69, 9.17) is 4.74 Å². The van der Waals surface area contributed by atoms with Gasteiger partial charge in [0.2, 0.25) is 10.0 Å². The Morgan fingerprint density at radius 2 is 1.47 bits per heavy atom. The molecule has 0 radical (unpaired) electrons. The van der Waals surface area contributed by atoms with Crippen molar-refractivity contribution in [3.63, 3.8) is 0 Å². The van der Waals surface area contributed by atoms with Crippen molar-refractivity contribution in [2.24, 2.45) is 0 Å². The number of amides is 1. The average Bonchev–Trinajstić information content (AvgIpc) is 2.69. The molecule has 0 unspecified atom stereocenters. The zero-order chi connectivity index (χ0) is 22.1. The van der Waals surface area contributed by atoms with Crippen molar-refractivity contribution in [3.8, 4) is 5.75 Å². The van der Waals surface area contributed by atoms with Gasteiger partial charge < -0.3 is 9.64 Å². The molecule has 1 aliphatic heterocycles. The summed E-state index contributed by atoms with van der Waals surface area (Å²) in [5.74, 6) is 0.613. The van der Waals surface area contributed by atoms with Gasteiger partial charge in [-0.05, 0) is 69.0 Å². The van der Waals surface area contributed by atoms with Gasteiger partial charge in [-0.25, -0.2) is 8.42 Å². The van der Waals surface area contributed by atoms with Crippen molar-refractivity contribution in [3.05, 3.63) is 58.1 Å². The number of ether oxygens (including phenoxy) is 1. The molecule has 0 N–H and O–H groups in total. The van der Waals surface area contributed by atoms with E-state index in [0.717, 1.165) is 33.6 Å². The second-order valence-electron chi connectivity index (χ2n) is 8.05. The first kappa shape index (κ1) is 22.3. The lowest BCUT2D eigenvalue weighted by Gasteiger charge is -2.34. The Bertz CT molecular complexity index is 1030. The van der Waals surface area contributed by atoms with Gasteiger partial charge in [-0.3, -0.25) is 4.79 Å². The van der Waals surface area contributed by atoms with Crippen LogP contribution in [0.3, 0.4) is 0 Å². The molecule has 0 aromatic heterocycles. The molecule has 162 valence electrons. The quantitative estimate of drug-likeness (QED) is 0.731. The Morgan fingerprint density at radius 3 is 2.03 bits per heavy atom. The van der Waals surface area contributed by atoms with Crippen molar-refractivity contribution in [1.82, 2.24) is 9.21 Å². The highest BCUT2D eigenvalue weighted by Crippen LogP contribution is 2.25. The van der Waals surface area contributed by atoms with E-state index >= 15 is 0 Å². The van der Waals surface area contributed by atoms with Gasteiger partial charge in [-0.1, -0.05) is 23.8 Å². The van der Waals surface area contributed by atoms with Gasteiger partial charge in [-0.15, -0.1) is 0 Å². The fourth-order valence-electron chi connectivity index (χ4n) is 3.82. The number of hydrogen-bond acceptors (Lipinski definition) is 4. The molecule has 7 heteroatoms. The molecule has 1 amide bonds. The van der Waals surface area contributed by atoms with Gasteiger partial charge in [-0.2, -0.15) is 4.31 Å². The Kier molecular flexibility index (Phi) is 6.53. The summed E-state index contributed by atoms with van der Waals surface area (Å²) >= 11 is 0. The van der Waals surface area contributed by atoms with Gasteiger partial charge in [0.15, 0.2) is 6.61 Å². The second kappa shape index (κ2) is 8.78. The molecule has 1 heterocycles. The fraction of sp³-hybridized carbons (Fsp3) is 0.435. The lowest BCUT2D eigenvalue weighted by Crippen LogP contribution is -2.51. The molecule has 2 aromatic carbocycles. The first-order chi connectivity index (χ1) is 14.1. The maximum absolute atomic E-state index is 12.9. The SMILES string of the molecule is Cc1cc(C)c(OCC(=O)N2CCN(S(=O)(=O)c3ccc(C)c(C)c3)CC2)c(C)c1. The van der Waals surface area contributed by atoms with E-state index in [1.54, 1.807) is 17.0 Å². The summed E-state index contributed by atoms with van der Waals surface area (Å²) in [5, 5.41) is 0. The van der Waals surface area contributed by atoms with Crippen LogP contribution >= 0.6 is 0 Å². The maximum Gasteiger partial charge on any atom is 0.260 e. The summed E-state index contributed by atoms with van der Waals surface area (Å²) < 4.78 is 33.1. The normalized spacial score (nSPS) is 15.3. The number of carbonyl (C=O) groups is 1. The lowest BCUT2D eigenvalue weighted by molar-refractivity contribution is -0.134. The smallest absolute Gasteiger partial charge is 0.260 e. The minimum atomic E-state index is -3.56. The Balaban J connectivity index is 1.60. The summed E-state index contributed by atoms with van der Waals surface area (Å²) in [5.41, 5.74) is 5.17. The van der Waals surface area contributed by atoms with Crippen molar-refractivity contribution in [1.29, 1.82) is 0 Å². The average molecular weight is 431 g/mol. The molecule has 2 aromatic rings. The standard InChI is InChI=1S/C23H30N2O4S/c1-16-12-19(4)23(20(5)13-16)29-15-22(26)24-8-10-25(11-9-24)30(27,28)21-7-6-17(2)18(3)14-21/h6-7,12-14H,8-11,15H2,1-5H3. The number of carbonyl (C=O) groups excluding carboxylic acids is 1. The van der Waals surface area contributed by atoms with Crippen LogP contribution in [0.1, 0.15) is 27.8 Å². The molecule has 0 saturated carbocycles. The van der Waals surface area contributed by atoms with Gasteiger partial charge in [0.1, 0.15) is 5.75 Å². The van der Waals surface area contributed by atoms with Crippen LogP contribution in [-0.2, 0) is 14.8 Å². The van der Waals surface area contributed by atoms with Gasteiger partial charge in [0.25, 0.3) is 5.91 Å². The first-order valence-corrected chi connectivity index (χ1v) is 11.6. The molecule has 3 rings (SSSR count). The third-order valence-corrected chi connectivity index (χ3v) is 7.55.